The summed E-state index contributed by atoms with van der Waals surface area (Å²) < 4.78 is 2.93. The van der Waals surface area contributed by atoms with E-state index in [-0.39, 0.29) is 24.1 Å². The van der Waals surface area contributed by atoms with Crippen LogP contribution in [-0.2, 0) is 24.3 Å². The van der Waals surface area contributed by atoms with Crippen LogP contribution in [0, 0.1) is 5.92 Å². The Balaban J connectivity index is 1.88. The van der Waals surface area contributed by atoms with E-state index >= 15 is 0 Å². The van der Waals surface area contributed by atoms with Gasteiger partial charge in [0.1, 0.15) is 12.4 Å². The highest BCUT2D eigenvalue weighted by molar-refractivity contribution is 5.75. The van der Waals surface area contributed by atoms with Gasteiger partial charge in [0.15, 0.2) is 0 Å². The molecule has 0 saturated carbocycles. The van der Waals surface area contributed by atoms with Gasteiger partial charge in [-0.15, -0.1) is 0 Å². The lowest BCUT2D eigenvalue weighted by atomic mass is 10.0. The van der Waals surface area contributed by atoms with E-state index < -0.39 is 6.10 Å². The van der Waals surface area contributed by atoms with Gasteiger partial charge in [0.2, 0.25) is 5.91 Å². The number of nitrogens with one attached hydrogen (secondary N) is 1. The molecule has 1 unspecified atom stereocenters. The van der Waals surface area contributed by atoms with E-state index in [2.05, 4.69) is 10.4 Å². The smallest absolute Gasteiger partial charge is 0.346 e. The van der Waals surface area contributed by atoms with Crippen LogP contribution >= 0.6 is 0 Å². The SMILES string of the molecule is CC(C)C(O)CCNC(=O)Cn1nc2n(c1=O)CCCCC2. The molecule has 1 atom stereocenters. The number of aryl methyl sites for hydroxylation is 1. The number of fused-ring (bicyclic) bond motifs is 1. The lowest BCUT2D eigenvalue weighted by Gasteiger charge is -2.14. The molecule has 0 saturated heterocycles. The van der Waals surface area contributed by atoms with Crippen molar-refractivity contribution in [3.05, 3.63) is 16.3 Å². The summed E-state index contributed by atoms with van der Waals surface area (Å²) in [6.45, 7) is 4.90. The number of aliphatic hydroxyl groups is 1. The van der Waals surface area contributed by atoms with Crippen LogP contribution in [0.2, 0.25) is 0 Å². The summed E-state index contributed by atoms with van der Waals surface area (Å²) in [5, 5.41) is 16.7. The summed E-state index contributed by atoms with van der Waals surface area (Å²) in [5.74, 6) is 0.708. The molecule has 0 aromatic carbocycles. The van der Waals surface area contributed by atoms with Crippen molar-refractivity contribution in [2.75, 3.05) is 6.54 Å². The molecule has 1 aromatic heterocycles. The van der Waals surface area contributed by atoms with Gasteiger partial charge in [-0.1, -0.05) is 20.3 Å². The van der Waals surface area contributed by atoms with Crippen molar-refractivity contribution in [2.24, 2.45) is 5.92 Å². The second kappa shape index (κ2) is 7.58. The van der Waals surface area contributed by atoms with E-state index in [0.717, 1.165) is 31.5 Å². The number of aromatic nitrogens is 3. The summed E-state index contributed by atoms with van der Waals surface area (Å²) in [6, 6.07) is 0. The van der Waals surface area contributed by atoms with E-state index in [0.29, 0.717) is 19.5 Å². The third-order valence-corrected chi connectivity index (χ3v) is 4.11. The first kappa shape index (κ1) is 16.7. The Morgan fingerprint density at radius 3 is 2.86 bits per heavy atom. The van der Waals surface area contributed by atoms with Gasteiger partial charge in [0, 0.05) is 19.5 Å². The highest BCUT2D eigenvalue weighted by atomic mass is 16.3. The van der Waals surface area contributed by atoms with Crippen LogP contribution in [0.4, 0.5) is 0 Å². The van der Waals surface area contributed by atoms with Gasteiger partial charge in [0.05, 0.1) is 6.10 Å². The van der Waals surface area contributed by atoms with Crippen LogP contribution < -0.4 is 11.0 Å². The molecular weight excluding hydrogens is 284 g/mol. The van der Waals surface area contributed by atoms with Gasteiger partial charge in [-0.3, -0.25) is 9.36 Å². The molecule has 1 aliphatic heterocycles. The Morgan fingerprint density at radius 2 is 2.14 bits per heavy atom. The van der Waals surface area contributed by atoms with E-state index in [1.54, 1.807) is 4.57 Å². The molecule has 7 heteroatoms. The molecule has 1 aliphatic rings. The van der Waals surface area contributed by atoms with Crippen LogP contribution in [0.3, 0.4) is 0 Å². The van der Waals surface area contributed by atoms with Crippen molar-refractivity contribution < 1.29 is 9.90 Å². The van der Waals surface area contributed by atoms with Crippen LogP contribution in [0.25, 0.3) is 0 Å². The van der Waals surface area contributed by atoms with Crippen molar-refractivity contribution in [3.8, 4) is 0 Å². The van der Waals surface area contributed by atoms with Crippen LogP contribution in [0.15, 0.2) is 4.79 Å². The summed E-state index contributed by atoms with van der Waals surface area (Å²) in [5.41, 5.74) is -0.200. The van der Waals surface area contributed by atoms with Gasteiger partial charge in [0.25, 0.3) is 0 Å². The van der Waals surface area contributed by atoms with Crippen LogP contribution in [0.1, 0.15) is 45.4 Å². The molecular formula is C15H26N4O3. The van der Waals surface area contributed by atoms with E-state index in [9.17, 15) is 14.7 Å². The maximum absolute atomic E-state index is 12.2. The summed E-state index contributed by atoms with van der Waals surface area (Å²) in [4.78, 5) is 24.1. The molecule has 1 aromatic rings. The normalized spacial score (nSPS) is 16.2. The van der Waals surface area contributed by atoms with Crippen molar-refractivity contribution in [3.63, 3.8) is 0 Å². The number of hydrogen-bond donors (Lipinski definition) is 2. The molecule has 0 radical (unpaired) electrons. The summed E-state index contributed by atoms with van der Waals surface area (Å²) >= 11 is 0. The predicted molar refractivity (Wildman–Crippen MR) is 82.5 cm³/mol. The molecule has 2 rings (SSSR count). The fourth-order valence-electron chi connectivity index (χ4n) is 2.61. The van der Waals surface area contributed by atoms with Crippen LogP contribution in [0.5, 0.6) is 0 Å². The number of hydrogen-bond acceptors (Lipinski definition) is 4. The number of carbonyl (C=O) groups is 1. The number of amides is 1. The quantitative estimate of drug-likeness (QED) is 0.790. The Kier molecular flexibility index (Phi) is 5.76. The van der Waals surface area contributed by atoms with Gasteiger partial charge < -0.3 is 10.4 Å². The first-order chi connectivity index (χ1) is 10.5. The number of nitrogens with zero attached hydrogens (tertiary/aromatic N) is 3. The molecule has 124 valence electrons. The second-order valence-electron chi connectivity index (χ2n) is 6.27. The molecule has 0 bridgehead atoms. The van der Waals surface area contributed by atoms with Crippen molar-refractivity contribution >= 4 is 5.91 Å². The van der Waals surface area contributed by atoms with Gasteiger partial charge in [-0.05, 0) is 25.2 Å². The van der Waals surface area contributed by atoms with Crippen molar-refractivity contribution in [1.82, 2.24) is 19.7 Å². The fraction of sp³-hybridized carbons (Fsp3) is 0.800. The first-order valence-electron chi connectivity index (χ1n) is 8.10. The van der Waals surface area contributed by atoms with Gasteiger partial charge in [-0.2, -0.15) is 5.10 Å². The molecule has 7 nitrogen and oxygen atoms in total. The molecule has 22 heavy (non-hydrogen) atoms. The molecule has 2 N–H and O–H groups in total. The first-order valence-corrected chi connectivity index (χ1v) is 8.10. The average molecular weight is 310 g/mol. The van der Waals surface area contributed by atoms with Gasteiger partial charge >= 0.3 is 5.69 Å². The molecule has 0 spiro atoms. The minimum absolute atomic E-state index is 0.0589. The van der Waals surface area contributed by atoms with Crippen LogP contribution in [-0.4, -0.2) is 38.0 Å². The standard InChI is InChI=1S/C15H26N4O3/c1-11(2)12(20)7-8-16-14(21)10-19-15(22)18-9-5-3-4-6-13(18)17-19/h11-12,20H,3-10H2,1-2H3,(H,16,21). The molecule has 2 heterocycles. The zero-order chi connectivity index (χ0) is 16.1. The van der Waals surface area contributed by atoms with Crippen molar-refractivity contribution in [2.45, 2.75) is 65.1 Å². The Hall–Kier alpha value is -1.63. The minimum atomic E-state index is -0.424. The maximum Gasteiger partial charge on any atom is 0.346 e. The average Bonchev–Trinajstić information content (AvgIpc) is 2.66. The number of aliphatic hydroxyl groups excluding tert-OH is 1. The van der Waals surface area contributed by atoms with Gasteiger partial charge in [-0.25, -0.2) is 9.48 Å². The monoisotopic (exact) mass is 310 g/mol. The summed E-state index contributed by atoms with van der Waals surface area (Å²) in [6.07, 6.45) is 4.02. The predicted octanol–water partition coefficient (Wildman–Crippen LogP) is 0.294. The zero-order valence-corrected chi connectivity index (χ0v) is 13.4. The minimum Gasteiger partial charge on any atom is -0.393 e. The number of carbonyl (C=O) groups excluding carboxylic acids is 1. The highest BCUT2D eigenvalue weighted by Gasteiger charge is 2.17. The molecule has 0 fully saturated rings. The molecule has 1 amide bonds. The fourth-order valence-corrected chi connectivity index (χ4v) is 2.61. The second-order valence-corrected chi connectivity index (χ2v) is 6.27. The lowest BCUT2D eigenvalue weighted by molar-refractivity contribution is -0.122. The van der Waals surface area contributed by atoms with E-state index in [1.807, 2.05) is 13.8 Å². The Morgan fingerprint density at radius 1 is 1.36 bits per heavy atom. The molecule has 0 aliphatic carbocycles. The third-order valence-electron chi connectivity index (χ3n) is 4.11. The Bertz CT molecular complexity index is 562. The lowest BCUT2D eigenvalue weighted by Crippen LogP contribution is -2.35. The Labute approximate surface area is 130 Å². The number of rotatable bonds is 6. The maximum atomic E-state index is 12.2. The largest absolute Gasteiger partial charge is 0.393 e. The van der Waals surface area contributed by atoms with Crippen molar-refractivity contribution in [1.29, 1.82) is 0 Å². The summed E-state index contributed by atoms with van der Waals surface area (Å²) in [7, 11) is 0. The van der Waals surface area contributed by atoms with E-state index in [1.165, 1.54) is 4.68 Å². The van der Waals surface area contributed by atoms with E-state index in [4.69, 9.17) is 0 Å². The highest BCUT2D eigenvalue weighted by Crippen LogP contribution is 2.10. The third kappa shape index (κ3) is 4.19. The topological polar surface area (TPSA) is 89.2 Å². The zero-order valence-electron chi connectivity index (χ0n) is 13.4.